The van der Waals surface area contributed by atoms with Gasteiger partial charge in [0, 0.05) is 135 Å². The highest BCUT2D eigenvalue weighted by Crippen LogP contribution is 2.51. The summed E-state index contributed by atoms with van der Waals surface area (Å²) in [5.41, 5.74) is 6.34. The number of ether oxygens (including phenoxy) is 5. The van der Waals surface area contributed by atoms with Crippen molar-refractivity contribution in [3.8, 4) is 28.7 Å². The molecule has 6 aliphatic rings. The molecule has 4 bridgehead atoms. The summed E-state index contributed by atoms with van der Waals surface area (Å²) in [5, 5.41) is 62.9. The van der Waals surface area contributed by atoms with Crippen LogP contribution in [0.5, 0.6) is 17.2 Å². The molecular weight excluding hydrogens is 1470 g/mol. The molecule has 31 nitrogen and oxygen atoms in total. The number of aliphatic hydroxyl groups excluding tert-OH is 2. The van der Waals surface area contributed by atoms with Crippen molar-refractivity contribution in [3.05, 3.63) is 141 Å². The number of aliphatic hydroxyl groups is 2. The topological polar surface area (TPSA) is 446 Å². The lowest BCUT2D eigenvalue weighted by Gasteiger charge is -2.38. The van der Waals surface area contributed by atoms with E-state index in [0.29, 0.717) is 67.8 Å². The molecule has 11 atom stereocenters. The van der Waals surface area contributed by atoms with Crippen LogP contribution in [0.15, 0.2) is 118 Å². The molecule has 1 fully saturated rings. The van der Waals surface area contributed by atoms with Gasteiger partial charge in [0.05, 0.1) is 35.5 Å². The molecule has 4 aromatic rings. The van der Waals surface area contributed by atoms with Crippen LogP contribution in [0.25, 0.3) is 33.3 Å². The van der Waals surface area contributed by atoms with E-state index in [2.05, 4.69) is 31.9 Å². The summed E-state index contributed by atoms with van der Waals surface area (Å²) in [6, 6.07) is 14.2. The minimum atomic E-state index is -2.16. The number of phenols is 2. The fourth-order valence-electron chi connectivity index (χ4n) is 14.8. The van der Waals surface area contributed by atoms with E-state index in [0.717, 1.165) is 10.5 Å². The number of primary amides is 1. The number of nitrogens with zero attached hydrogens (tertiary/aromatic N) is 3. The number of urea groups is 1. The maximum absolute atomic E-state index is 15.2. The molecular formula is C83H100N10O21. The van der Waals surface area contributed by atoms with Crippen molar-refractivity contribution in [2.24, 2.45) is 35.3 Å². The average molecular weight is 1570 g/mol. The van der Waals surface area contributed by atoms with E-state index in [9.17, 15) is 63.6 Å². The third kappa shape index (κ3) is 19.5. The number of benzene rings is 5. The van der Waals surface area contributed by atoms with E-state index in [1.807, 2.05) is 17.0 Å². The van der Waals surface area contributed by atoms with Gasteiger partial charge in [-0.15, -0.1) is 0 Å². The highest BCUT2D eigenvalue weighted by molar-refractivity contribution is 6.22. The Morgan fingerprint density at radius 2 is 1.48 bits per heavy atom. The van der Waals surface area contributed by atoms with E-state index in [4.69, 9.17) is 38.8 Å². The predicted molar refractivity (Wildman–Crippen MR) is 422 cm³/mol. The molecule has 5 aliphatic heterocycles. The highest BCUT2D eigenvalue weighted by Gasteiger charge is 2.50. The Bertz CT molecular complexity index is 4800. The molecule has 4 aromatic carbocycles. The van der Waals surface area contributed by atoms with Crippen molar-refractivity contribution in [3.63, 3.8) is 0 Å². The van der Waals surface area contributed by atoms with Gasteiger partial charge in [0.2, 0.25) is 23.2 Å². The number of nitrogens with two attached hydrogens (primary N) is 1. The van der Waals surface area contributed by atoms with E-state index < -0.39 is 130 Å². The normalized spacial score (nSPS) is 23.2. The zero-order valence-electron chi connectivity index (χ0n) is 65.6. The first-order valence-electron chi connectivity index (χ1n) is 38.2. The van der Waals surface area contributed by atoms with Gasteiger partial charge in [0.25, 0.3) is 23.5 Å². The zero-order chi connectivity index (χ0) is 82.7. The number of esters is 1. The van der Waals surface area contributed by atoms with E-state index in [-0.39, 0.29) is 125 Å². The van der Waals surface area contributed by atoms with Crippen LogP contribution < -0.4 is 52.7 Å². The molecule has 0 spiro atoms. The number of Topliss-reactive ketones (excluding diaryl/α,β-unsaturated/α-hetero) is 1. The Hall–Kier alpha value is -11.7. The Morgan fingerprint density at radius 1 is 0.807 bits per heavy atom. The highest BCUT2D eigenvalue weighted by atomic mass is 16.7. The van der Waals surface area contributed by atoms with Crippen LogP contribution in [0.1, 0.15) is 147 Å². The number of amides is 9. The first kappa shape index (κ1) is 84.7. The molecule has 0 aromatic heterocycles. The van der Waals surface area contributed by atoms with Crippen LogP contribution in [0, 0.1) is 36.5 Å². The minimum absolute atomic E-state index is 0.0107. The Kier molecular flexibility index (Phi) is 27.4. The molecule has 114 heavy (non-hydrogen) atoms. The zero-order valence-corrected chi connectivity index (χ0v) is 65.6. The van der Waals surface area contributed by atoms with Crippen molar-refractivity contribution in [2.75, 3.05) is 54.1 Å². The maximum Gasteiger partial charge on any atom is 0.411 e. The summed E-state index contributed by atoms with van der Waals surface area (Å²) >= 11 is 0. The van der Waals surface area contributed by atoms with Crippen LogP contribution in [0.4, 0.5) is 32.3 Å². The Balaban J connectivity index is 0.798. The van der Waals surface area contributed by atoms with Crippen LogP contribution in [-0.2, 0) is 59.1 Å². The molecule has 10 rings (SSSR count). The molecule has 9 amide bonds. The number of carbonyl (C=O) groups is 10. The SMILES string of the molecule is CO[C@H]1/C=C/O[C@@]2(C)Oc3c(C)c(O)c4c(=O)c(c5oc6cc(N7CCC(c8ccc(NC(=O)OCc9ccc(NC(=O)[C@H](CCCNC(N)=O)NC(=O)[C@@H](NC(=O)CCCCCN%10C(=O)C=CC%10=O)C(C)C)cc9)cc8)CC7)cc(O)c6nc-5c4c3C2=O)NC(=O)/C(C)=C\C=C\[C@H](C)[C@H](O)[C@@H](C)[C@@H](O)[C@@H](C)[C@H](OC(C)=O)[C@@H]1C. The molecule has 5 heterocycles. The molecule has 1 saturated heterocycles. The average Bonchev–Trinajstić information content (AvgIpc) is 1.36. The van der Waals surface area contributed by atoms with Gasteiger partial charge in [0.15, 0.2) is 11.3 Å². The summed E-state index contributed by atoms with van der Waals surface area (Å²) in [5.74, 6) is -11.1. The van der Waals surface area contributed by atoms with Gasteiger partial charge in [-0.1, -0.05) is 90.5 Å². The smallest absolute Gasteiger partial charge is 0.411 e. The number of methoxy groups -OCH3 is 1. The number of unbranched alkanes of at least 4 members (excludes halogenated alkanes) is 2. The number of hydrogen-bond acceptors (Lipinski definition) is 23. The van der Waals surface area contributed by atoms with Crippen LogP contribution in [0.2, 0.25) is 0 Å². The lowest BCUT2D eigenvalue weighted by molar-refractivity contribution is -0.160. The number of carbonyl (C=O) groups excluding carboxylic acids is 10. The maximum atomic E-state index is 15.2. The number of nitrogens with one attached hydrogen (secondary N) is 6. The van der Waals surface area contributed by atoms with Crippen LogP contribution in [-0.4, -0.2) is 165 Å². The van der Waals surface area contributed by atoms with Gasteiger partial charge >= 0.3 is 23.9 Å². The molecule has 608 valence electrons. The first-order chi connectivity index (χ1) is 54.2. The molecule has 0 saturated carbocycles. The summed E-state index contributed by atoms with van der Waals surface area (Å²) in [4.78, 5) is 154. The Morgan fingerprint density at radius 3 is 2.14 bits per heavy atom. The summed E-state index contributed by atoms with van der Waals surface area (Å²) < 4.78 is 36.3. The second-order valence-electron chi connectivity index (χ2n) is 30.1. The largest absolute Gasteiger partial charge is 0.507 e. The van der Waals surface area contributed by atoms with Gasteiger partial charge in [-0.25, -0.2) is 14.6 Å². The quantitative estimate of drug-likeness (QED) is 0.00935. The van der Waals surface area contributed by atoms with Crippen molar-refractivity contribution >= 4 is 104 Å². The number of aromatic nitrogens is 1. The fourth-order valence-corrected chi connectivity index (χ4v) is 14.8. The van der Waals surface area contributed by atoms with Crippen molar-refractivity contribution in [1.82, 2.24) is 25.8 Å². The molecule has 0 radical (unpaired) electrons. The van der Waals surface area contributed by atoms with Gasteiger partial charge < -0.3 is 85.7 Å². The number of phenolic OH excluding ortho intramolecular Hbond substituents is 2. The van der Waals surface area contributed by atoms with Gasteiger partial charge in [0.1, 0.15) is 58.9 Å². The monoisotopic (exact) mass is 1570 g/mol. The summed E-state index contributed by atoms with van der Waals surface area (Å²) in [6.45, 7) is 17.1. The number of rotatable bonds is 23. The number of allylic oxidation sites excluding steroid dienone is 2. The second kappa shape index (κ2) is 36.8. The number of imide groups is 1. The number of hydrogen-bond donors (Lipinski definition) is 11. The van der Waals surface area contributed by atoms with Gasteiger partial charge in [-0.05, 0) is 106 Å². The number of anilines is 4. The van der Waals surface area contributed by atoms with Crippen molar-refractivity contribution in [1.29, 1.82) is 0 Å². The molecule has 1 aliphatic carbocycles. The molecule has 12 N–H and O–H groups in total. The summed E-state index contributed by atoms with van der Waals surface area (Å²) in [6.07, 6.45) is 8.09. The van der Waals surface area contributed by atoms with Crippen molar-refractivity contribution in [2.45, 2.75) is 175 Å². The number of piperidine rings is 1. The standard InChI is InChI=1S/C83H100N10O21/c1-42(2)66(89-60(96)20-13-12-14-35-93-61(97)29-30-62(93)98)80(106)88-56(19-16-34-85-81(84)107)79(105)86-53-25-21-50(22-26-53)41-110-82(108)87-54-27-23-51(24-28-54)52-31-36-92(37-32-52)55-39-57(95)67-59(40-55)113-76-68(90-67)63-64-72(101)48(8)75-65(63)77(103)83(10,114-75)111-38-33-58(109-11)45(5)74(112-49(9)94)47(7)71(100)46(6)70(99)43(3)17-15-18-44(4)78(104)91-69(76)73(64)102/h15,17-18,21-30,33,38-40,42-43,45-47,52,56,58,66,70-71,74,95,99-101H,12-14,16,19-20,31-32,34-37,41H2,1-11H3,(H,86,105)(H,87,108)(H,88,106)(H,89,96)(H,91,104)(H3,84,85,107)/b17-15+,38-33+,44-18-/t43-,45+,46+,47+,56-,58-,66-,70-,71+,74+,83-/m0/s1. The second-order valence-corrected chi connectivity index (χ2v) is 30.1. The molecule has 0 unspecified atom stereocenters. The predicted octanol–water partition coefficient (Wildman–Crippen LogP) is 9.29. The number of fused-ring (bicyclic) bond motifs is 2. The minimum Gasteiger partial charge on any atom is -0.507 e. The van der Waals surface area contributed by atoms with E-state index in [1.54, 1.807) is 96.2 Å². The van der Waals surface area contributed by atoms with E-state index in [1.165, 1.54) is 71.4 Å². The van der Waals surface area contributed by atoms with Crippen LogP contribution >= 0.6 is 0 Å². The Labute approximate surface area is 658 Å². The lowest BCUT2D eigenvalue weighted by Crippen LogP contribution is -2.54. The third-order valence-corrected chi connectivity index (χ3v) is 21.5. The van der Waals surface area contributed by atoms with Gasteiger partial charge in [-0.3, -0.25) is 53.4 Å². The molecule has 31 heteroatoms. The third-order valence-electron chi connectivity index (χ3n) is 21.5. The van der Waals surface area contributed by atoms with Crippen LogP contribution in [0.3, 0.4) is 0 Å². The number of ketones is 1. The van der Waals surface area contributed by atoms with Crippen molar-refractivity contribution < 1.29 is 96.5 Å². The fraction of sp³-hybridized carbons (Fsp3) is 0.446. The van der Waals surface area contributed by atoms with Gasteiger partial charge in [-0.2, -0.15) is 0 Å². The lowest BCUT2D eigenvalue weighted by atomic mass is 9.78. The summed E-state index contributed by atoms with van der Waals surface area (Å²) in [7, 11) is 1.42. The number of aromatic hydroxyl groups is 2. The van der Waals surface area contributed by atoms with E-state index >= 15 is 9.59 Å². The first-order valence-corrected chi connectivity index (χ1v) is 38.2.